The zero-order chi connectivity index (χ0) is 17.8. The Bertz CT molecular complexity index is 937. The third-order valence-electron chi connectivity index (χ3n) is 4.98. The zero-order valence-corrected chi connectivity index (χ0v) is 14.3. The van der Waals surface area contributed by atoms with Gasteiger partial charge in [-0.15, -0.1) is 0 Å². The van der Waals surface area contributed by atoms with Gasteiger partial charge in [-0.05, 0) is 51.5 Å². The lowest BCUT2D eigenvalue weighted by atomic mass is 9.91. The summed E-state index contributed by atoms with van der Waals surface area (Å²) in [6.07, 6.45) is 3.89. The molecule has 0 saturated carbocycles. The van der Waals surface area contributed by atoms with Crippen LogP contribution in [-0.4, -0.2) is 23.3 Å². The highest BCUT2D eigenvalue weighted by atomic mass is 16.5. The molecular formula is C19H20O6. The Kier molecular flexibility index (Phi) is 3.52. The topological polar surface area (TPSA) is 86.0 Å². The van der Waals surface area contributed by atoms with E-state index in [1.807, 2.05) is 13.8 Å². The maximum atomic E-state index is 12.4. The van der Waals surface area contributed by atoms with Gasteiger partial charge >= 0.3 is 11.6 Å². The third-order valence-corrected chi connectivity index (χ3v) is 4.98. The Morgan fingerprint density at radius 1 is 1.24 bits per heavy atom. The Labute approximate surface area is 144 Å². The summed E-state index contributed by atoms with van der Waals surface area (Å²) in [4.78, 5) is 23.3. The van der Waals surface area contributed by atoms with Crippen molar-refractivity contribution in [3.63, 3.8) is 0 Å². The van der Waals surface area contributed by atoms with Crippen molar-refractivity contribution in [2.45, 2.75) is 51.6 Å². The summed E-state index contributed by atoms with van der Waals surface area (Å²) in [5, 5.41) is 9.71. The smallest absolute Gasteiger partial charge is 0.341 e. The number of benzene rings is 1. The number of fused-ring (bicyclic) bond motifs is 5. The summed E-state index contributed by atoms with van der Waals surface area (Å²) in [6.45, 7) is 3.54. The van der Waals surface area contributed by atoms with Crippen LogP contribution in [0.5, 0.6) is 11.5 Å². The maximum Gasteiger partial charge on any atom is 0.341 e. The number of carboxylic acid groups (broad SMARTS) is 1. The molecule has 1 aromatic heterocycles. The predicted molar refractivity (Wildman–Crippen MR) is 90.7 cm³/mol. The van der Waals surface area contributed by atoms with Crippen molar-refractivity contribution in [2.24, 2.45) is 0 Å². The molecule has 25 heavy (non-hydrogen) atoms. The maximum absolute atomic E-state index is 12.4. The number of hydrogen-bond acceptors (Lipinski definition) is 5. The molecule has 6 heteroatoms. The number of carboxylic acids is 1. The first-order valence-corrected chi connectivity index (χ1v) is 8.54. The molecule has 1 aliphatic carbocycles. The van der Waals surface area contributed by atoms with Crippen molar-refractivity contribution < 1.29 is 23.8 Å². The van der Waals surface area contributed by atoms with Gasteiger partial charge in [0.25, 0.3) is 0 Å². The Morgan fingerprint density at radius 3 is 2.76 bits per heavy atom. The predicted octanol–water partition coefficient (Wildman–Crippen LogP) is 2.85. The van der Waals surface area contributed by atoms with Crippen molar-refractivity contribution in [1.82, 2.24) is 0 Å². The molecule has 4 rings (SSSR count). The second-order valence-electron chi connectivity index (χ2n) is 7.30. The van der Waals surface area contributed by atoms with E-state index in [2.05, 4.69) is 0 Å². The molecule has 1 aliphatic heterocycles. The van der Waals surface area contributed by atoms with Gasteiger partial charge in [0.1, 0.15) is 22.7 Å². The first-order valence-electron chi connectivity index (χ1n) is 8.54. The van der Waals surface area contributed by atoms with Crippen molar-refractivity contribution in [2.75, 3.05) is 6.61 Å². The highest BCUT2D eigenvalue weighted by Gasteiger charge is 2.32. The summed E-state index contributed by atoms with van der Waals surface area (Å²) >= 11 is 0. The highest BCUT2D eigenvalue weighted by Crippen LogP contribution is 2.44. The third kappa shape index (κ3) is 2.65. The van der Waals surface area contributed by atoms with E-state index in [9.17, 15) is 9.59 Å². The van der Waals surface area contributed by atoms with Gasteiger partial charge in [0.15, 0.2) is 6.61 Å². The van der Waals surface area contributed by atoms with E-state index in [0.29, 0.717) is 29.1 Å². The summed E-state index contributed by atoms with van der Waals surface area (Å²) < 4.78 is 17.2. The normalized spacial score (nSPS) is 17.7. The number of hydrogen-bond donors (Lipinski definition) is 1. The molecule has 0 spiro atoms. The number of aryl methyl sites for hydroxylation is 2. The van der Waals surface area contributed by atoms with Gasteiger partial charge in [-0.2, -0.15) is 0 Å². The van der Waals surface area contributed by atoms with Gasteiger partial charge < -0.3 is 19.0 Å². The minimum absolute atomic E-state index is 0.303. The van der Waals surface area contributed by atoms with Gasteiger partial charge in [-0.1, -0.05) is 0 Å². The second kappa shape index (κ2) is 5.51. The SMILES string of the molecule is CC1(C)CCc2c(cc(OCC(=O)O)c3c4c(c(=O)oc23)CCC4)O1. The fraction of sp³-hybridized carbons (Fsp3) is 0.474. The van der Waals surface area contributed by atoms with Crippen LogP contribution < -0.4 is 15.1 Å². The standard InChI is InChI=1S/C19H20O6/c1-19(2)7-6-12-13(25-19)8-14(23-9-15(20)21)16-10-4-3-5-11(10)18(22)24-17(12)16/h8H,3-7,9H2,1-2H3,(H,20,21). The highest BCUT2D eigenvalue weighted by molar-refractivity contribution is 5.92. The van der Waals surface area contributed by atoms with Gasteiger partial charge in [0, 0.05) is 17.2 Å². The van der Waals surface area contributed by atoms with E-state index in [0.717, 1.165) is 42.2 Å². The first-order chi connectivity index (χ1) is 11.9. The second-order valence-corrected chi connectivity index (χ2v) is 7.30. The quantitative estimate of drug-likeness (QED) is 0.862. The van der Waals surface area contributed by atoms with Crippen LogP contribution in [0.4, 0.5) is 0 Å². The number of ether oxygens (including phenoxy) is 2. The van der Waals surface area contributed by atoms with Crippen LogP contribution in [0.3, 0.4) is 0 Å². The fourth-order valence-electron chi connectivity index (χ4n) is 3.81. The van der Waals surface area contributed by atoms with E-state index in [4.69, 9.17) is 19.0 Å². The minimum atomic E-state index is -1.05. The summed E-state index contributed by atoms with van der Waals surface area (Å²) in [7, 11) is 0. The summed E-state index contributed by atoms with van der Waals surface area (Å²) in [5.74, 6) is -0.0397. The Hall–Kier alpha value is -2.50. The molecule has 6 nitrogen and oxygen atoms in total. The number of rotatable bonds is 3. The molecule has 0 bridgehead atoms. The van der Waals surface area contributed by atoms with E-state index < -0.39 is 12.6 Å². The fourth-order valence-corrected chi connectivity index (χ4v) is 3.81. The number of carbonyl (C=O) groups is 1. The van der Waals surface area contributed by atoms with Gasteiger partial charge in [-0.3, -0.25) is 0 Å². The molecule has 132 valence electrons. The van der Waals surface area contributed by atoms with Crippen molar-refractivity contribution >= 4 is 16.9 Å². The van der Waals surface area contributed by atoms with Gasteiger partial charge in [-0.25, -0.2) is 9.59 Å². The molecular weight excluding hydrogens is 324 g/mol. The molecule has 2 heterocycles. The molecule has 1 N–H and O–H groups in total. The monoisotopic (exact) mass is 344 g/mol. The van der Waals surface area contributed by atoms with E-state index >= 15 is 0 Å². The largest absolute Gasteiger partial charge is 0.487 e. The van der Waals surface area contributed by atoms with Crippen LogP contribution in [0.25, 0.3) is 11.0 Å². The van der Waals surface area contributed by atoms with Gasteiger partial charge in [0.05, 0.1) is 5.39 Å². The van der Waals surface area contributed by atoms with Crippen LogP contribution in [0.2, 0.25) is 0 Å². The Morgan fingerprint density at radius 2 is 2.00 bits per heavy atom. The van der Waals surface area contributed by atoms with E-state index in [-0.39, 0.29) is 11.2 Å². The molecule has 0 saturated heterocycles. The van der Waals surface area contributed by atoms with E-state index in [1.54, 1.807) is 6.07 Å². The van der Waals surface area contributed by atoms with Crippen molar-refractivity contribution in [1.29, 1.82) is 0 Å². The lowest BCUT2D eigenvalue weighted by molar-refractivity contribution is -0.139. The number of aliphatic carboxylic acids is 1. The van der Waals surface area contributed by atoms with Crippen LogP contribution >= 0.6 is 0 Å². The average Bonchev–Trinajstić information content (AvgIpc) is 3.01. The zero-order valence-electron chi connectivity index (χ0n) is 14.3. The molecule has 0 amide bonds. The van der Waals surface area contributed by atoms with Crippen molar-refractivity contribution in [3.8, 4) is 11.5 Å². The molecule has 0 fully saturated rings. The molecule has 2 aromatic rings. The average molecular weight is 344 g/mol. The van der Waals surface area contributed by atoms with Crippen molar-refractivity contribution in [3.05, 3.63) is 33.2 Å². The lowest BCUT2D eigenvalue weighted by Gasteiger charge is -2.33. The Balaban J connectivity index is 1.99. The lowest BCUT2D eigenvalue weighted by Crippen LogP contribution is -2.32. The molecule has 0 unspecified atom stereocenters. The minimum Gasteiger partial charge on any atom is -0.487 e. The van der Waals surface area contributed by atoms with Crippen LogP contribution in [0, 0.1) is 0 Å². The summed E-state index contributed by atoms with van der Waals surface area (Å²) in [5.41, 5.74) is 2.33. The van der Waals surface area contributed by atoms with Crippen LogP contribution in [0.1, 0.15) is 43.4 Å². The summed E-state index contributed by atoms with van der Waals surface area (Å²) in [6, 6.07) is 1.75. The molecule has 1 aromatic carbocycles. The first kappa shape index (κ1) is 16.0. The van der Waals surface area contributed by atoms with Crippen LogP contribution in [-0.2, 0) is 24.1 Å². The van der Waals surface area contributed by atoms with E-state index in [1.165, 1.54) is 0 Å². The molecule has 0 radical (unpaired) electrons. The molecule has 2 aliphatic rings. The van der Waals surface area contributed by atoms with Gasteiger partial charge in [0.2, 0.25) is 0 Å². The molecule has 0 atom stereocenters. The van der Waals surface area contributed by atoms with Crippen LogP contribution in [0.15, 0.2) is 15.3 Å².